The molecule has 1 heterocycles. The third-order valence-corrected chi connectivity index (χ3v) is 4.76. The van der Waals surface area contributed by atoms with Crippen molar-refractivity contribution in [3.63, 3.8) is 0 Å². The Hall–Kier alpha value is -1.48. The van der Waals surface area contributed by atoms with Gasteiger partial charge in [0.2, 0.25) is 0 Å². The number of likely N-dealkylation sites (tertiary alicyclic amines) is 1. The van der Waals surface area contributed by atoms with Gasteiger partial charge < -0.3 is 29.6 Å². The van der Waals surface area contributed by atoms with E-state index in [9.17, 15) is 20.4 Å². The minimum atomic E-state index is -1.23. The number of piperidine rings is 1. The van der Waals surface area contributed by atoms with E-state index >= 15 is 0 Å². The normalized spacial score (nSPS) is 27.2. The summed E-state index contributed by atoms with van der Waals surface area (Å²) in [5.41, 5.74) is 0.983. The Morgan fingerprint density at radius 1 is 1.19 bits per heavy atom. The van der Waals surface area contributed by atoms with Crippen LogP contribution >= 0.6 is 0 Å². The van der Waals surface area contributed by atoms with Crippen LogP contribution in [0.2, 0.25) is 0 Å². The van der Waals surface area contributed by atoms with Crippen LogP contribution in [-0.4, -0.2) is 108 Å². The molecule has 152 valence electrons. The minimum absolute atomic E-state index is 0.196. The highest BCUT2D eigenvalue weighted by atomic mass is 16.5. The molecule has 0 bridgehead atoms. The van der Waals surface area contributed by atoms with Crippen LogP contribution in [0.5, 0.6) is 5.75 Å². The molecule has 4 unspecified atom stereocenters. The van der Waals surface area contributed by atoms with E-state index < -0.39 is 24.4 Å². The monoisotopic (exact) mass is 381 g/mol. The molecule has 0 saturated carbocycles. The molecule has 1 aliphatic heterocycles. The number of β-amino-alcohol motifs (C(OH)–C–C–N with tert-alkyl or cyclic N) is 1. The molecule has 27 heavy (non-hydrogen) atoms. The van der Waals surface area contributed by atoms with E-state index in [0.29, 0.717) is 13.2 Å². The molecular weight excluding hydrogens is 348 g/mol. The van der Waals surface area contributed by atoms with Gasteiger partial charge >= 0.3 is 0 Å². The lowest BCUT2D eigenvalue weighted by Crippen LogP contribution is -2.62. The van der Waals surface area contributed by atoms with Crippen LogP contribution in [0, 0.1) is 0 Å². The molecule has 1 aliphatic rings. The zero-order chi connectivity index (χ0) is 20.0. The SMILES string of the molecule is C[N+](C)(C)CCOc1cccc(/C=C/CN2CC(O)C(O)C(O)C2CO)c1. The van der Waals surface area contributed by atoms with E-state index in [-0.39, 0.29) is 13.2 Å². The molecule has 0 radical (unpaired) electrons. The van der Waals surface area contributed by atoms with Gasteiger partial charge in [0.1, 0.15) is 31.1 Å². The maximum Gasteiger partial charge on any atom is 0.137 e. The number of aliphatic hydroxyl groups excluding tert-OH is 4. The molecule has 7 nitrogen and oxygen atoms in total. The number of rotatable bonds is 8. The summed E-state index contributed by atoms with van der Waals surface area (Å²) in [6, 6.07) is 7.18. The van der Waals surface area contributed by atoms with Gasteiger partial charge in [-0.3, -0.25) is 4.90 Å². The van der Waals surface area contributed by atoms with E-state index in [1.54, 1.807) is 4.90 Å². The predicted molar refractivity (Wildman–Crippen MR) is 104 cm³/mol. The number of quaternary nitrogens is 1. The van der Waals surface area contributed by atoms with Crippen molar-refractivity contribution >= 4 is 6.08 Å². The number of likely N-dealkylation sites (N-methyl/N-ethyl adjacent to an activating group) is 1. The number of nitrogens with zero attached hydrogens (tertiary/aromatic N) is 2. The maximum absolute atomic E-state index is 10.0. The molecule has 0 amide bonds. The first-order valence-electron chi connectivity index (χ1n) is 9.30. The third-order valence-electron chi connectivity index (χ3n) is 4.76. The van der Waals surface area contributed by atoms with Gasteiger partial charge in [0, 0.05) is 13.1 Å². The summed E-state index contributed by atoms with van der Waals surface area (Å²) in [6.45, 7) is 1.91. The average molecular weight is 381 g/mol. The summed E-state index contributed by atoms with van der Waals surface area (Å²) < 4.78 is 6.65. The van der Waals surface area contributed by atoms with Crippen molar-refractivity contribution < 1.29 is 29.6 Å². The van der Waals surface area contributed by atoms with Crippen molar-refractivity contribution in [3.05, 3.63) is 35.9 Å². The zero-order valence-corrected chi connectivity index (χ0v) is 16.4. The van der Waals surface area contributed by atoms with E-state index in [1.807, 2.05) is 36.4 Å². The predicted octanol–water partition coefficient (Wildman–Crippen LogP) is -0.456. The zero-order valence-electron chi connectivity index (χ0n) is 16.4. The smallest absolute Gasteiger partial charge is 0.137 e. The summed E-state index contributed by atoms with van der Waals surface area (Å²) >= 11 is 0. The van der Waals surface area contributed by atoms with Crippen LogP contribution in [0.3, 0.4) is 0 Å². The topological polar surface area (TPSA) is 93.4 Å². The quantitative estimate of drug-likeness (QED) is 0.456. The van der Waals surface area contributed by atoms with Gasteiger partial charge in [0.15, 0.2) is 0 Å². The third kappa shape index (κ3) is 6.57. The first kappa shape index (κ1) is 21.8. The summed E-state index contributed by atoms with van der Waals surface area (Å²) in [6.07, 6.45) is 0.401. The van der Waals surface area contributed by atoms with E-state index in [1.165, 1.54) is 0 Å². The van der Waals surface area contributed by atoms with Crippen LogP contribution in [0.15, 0.2) is 30.3 Å². The van der Waals surface area contributed by atoms with Gasteiger partial charge in [-0.05, 0) is 17.7 Å². The highest BCUT2D eigenvalue weighted by molar-refractivity contribution is 5.51. The number of hydrogen-bond acceptors (Lipinski definition) is 6. The van der Waals surface area contributed by atoms with Crippen LogP contribution in [0.4, 0.5) is 0 Å². The highest BCUT2D eigenvalue weighted by Gasteiger charge is 2.40. The molecular formula is C20H33N2O5+. The molecule has 0 aliphatic carbocycles. The number of hydrogen-bond donors (Lipinski definition) is 4. The molecule has 1 aromatic carbocycles. The highest BCUT2D eigenvalue weighted by Crippen LogP contribution is 2.19. The van der Waals surface area contributed by atoms with Crippen molar-refractivity contribution in [3.8, 4) is 5.75 Å². The molecule has 2 rings (SSSR count). The molecule has 4 atom stereocenters. The first-order valence-corrected chi connectivity index (χ1v) is 9.30. The first-order chi connectivity index (χ1) is 12.7. The van der Waals surface area contributed by atoms with Gasteiger partial charge in [0.25, 0.3) is 0 Å². The number of aliphatic hydroxyl groups is 4. The summed E-state index contributed by atoms with van der Waals surface area (Å²) in [5.74, 6) is 0.811. The Balaban J connectivity index is 1.92. The van der Waals surface area contributed by atoms with Gasteiger partial charge in [0.05, 0.1) is 39.9 Å². The van der Waals surface area contributed by atoms with Gasteiger partial charge in [-0.15, -0.1) is 0 Å². The largest absolute Gasteiger partial charge is 0.488 e. The van der Waals surface area contributed by atoms with Crippen LogP contribution in [-0.2, 0) is 0 Å². The Morgan fingerprint density at radius 2 is 1.93 bits per heavy atom. The summed E-state index contributed by atoms with van der Waals surface area (Å²) in [7, 11) is 6.36. The molecule has 1 saturated heterocycles. The Labute approximate surface area is 161 Å². The van der Waals surface area contributed by atoms with Gasteiger partial charge in [-0.25, -0.2) is 0 Å². The summed E-state index contributed by atoms with van der Waals surface area (Å²) in [5, 5.41) is 39.1. The maximum atomic E-state index is 10.0. The van der Waals surface area contributed by atoms with Crippen LogP contribution < -0.4 is 4.74 Å². The molecule has 7 heteroatoms. The van der Waals surface area contributed by atoms with Gasteiger partial charge in [-0.1, -0.05) is 24.3 Å². The van der Waals surface area contributed by atoms with Crippen molar-refractivity contribution in [2.75, 3.05) is 54.0 Å². The number of ether oxygens (including phenoxy) is 1. The standard InChI is InChI=1S/C20H33N2O5/c1-22(2,3)10-11-27-16-8-4-6-15(12-16)7-5-9-21-13-18(24)20(26)19(25)17(21)14-23/h4-8,12,17-20,23-26H,9-11,13-14H2,1-3H3/q+1/b7-5+. The fourth-order valence-electron chi connectivity index (χ4n) is 3.06. The molecule has 1 fully saturated rings. The molecule has 0 aromatic heterocycles. The van der Waals surface area contributed by atoms with E-state index in [2.05, 4.69) is 21.1 Å². The van der Waals surface area contributed by atoms with E-state index in [4.69, 9.17) is 4.74 Å². The van der Waals surface area contributed by atoms with Crippen molar-refractivity contribution in [2.24, 2.45) is 0 Å². The Morgan fingerprint density at radius 3 is 2.59 bits per heavy atom. The fourth-order valence-corrected chi connectivity index (χ4v) is 3.06. The van der Waals surface area contributed by atoms with Crippen molar-refractivity contribution in [2.45, 2.75) is 24.4 Å². The lowest BCUT2D eigenvalue weighted by Gasteiger charge is -2.42. The lowest BCUT2D eigenvalue weighted by atomic mass is 9.94. The summed E-state index contributed by atoms with van der Waals surface area (Å²) in [4.78, 5) is 1.76. The van der Waals surface area contributed by atoms with Crippen LogP contribution in [0.25, 0.3) is 6.08 Å². The fraction of sp³-hybridized carbons (Fsp3) is 0.600. The molecule has 0 spiro atoms. The Kier molecular flexibility index (Phi) is 7.79. The molecule has 1 aromatic rings. The second-order valence-corrected chi connectivity index (χ2v) is 8.09. The second kappa shape index (κ2) is 9.64. The van der Waals surface area contributed by atoms with Crippen molar-refractivity contribution in [1.29, 1.82) is 0 Å². The minimum Gasteiger partial charge on any atom is -0.488 e. The Bertz CT molecular complexity index is 617. The molecule has 4 N–H and O–H groups in total. The van der Waals surface area contributed by atoms with Crippen LogP contribution in [0.1, 0.15) is 5.56 Å². The average Bonchev–Trinajstić information content (AvgIpc) is 2.59. The number of benzene rings is 1. The lowest BCUT2D eigenvalue weighted by molar-refractivity contribution is -0.870. The van der Waals surface area contributed by atoms with E-state index in [0.717, 1.165) is 22.3 Å². The van der Waals surface area contributed by atoms with Crippen molar-refractivity contribution in [1.82, 2.24) is 4.90 Å². The van der Waals surface area contributed by atoms with Gasteiger partial charge in [-0.2, -0.15) is 0 Å². The second-order valence-electron chi connectivity index (χ2n) is 8.09.